The lowest BCUT2D eigenvalue weighted by atomic mass is 10.1. The second-order valence-corrected chi connectivity index (χ2v) is 5.06. The number of rotatable bonds is 6. The lowest BCUT2D eigenvalue weighted by Gasteiger charge is -2.26. The standard InChI is InChI=1S/C13H18Cl2FNO2/c1-7(17-8(2)13(18-3)19-4)11-9(14)5-6-10(16)12(11)15/h5-8,13,17H,1-4H3. The van der Waals surface area contributed by atoms with Crippen LogP contribution in [0.5, 0.6) is 0 Å². The van der Waals surface area contributed by atoms with Crippen molar-refractivity contribution in [3.05, 3.63) is 33.6 Å². The third-order valence-electron chi connectivity index (χ3n) is 2.90. The van der Waals surface area contributed by atoms with E-state index in [4.69, 9.17) is 32.7 Å². The van der Waals surface area contributed by atoms with Gasteiger partial charge in [0.05, 0.1) is 11.1 Å². The number of methoxy groups -OCH3 is 2. The zero-order chi connectivity index (χ0) is 14.6. The molecule has 1 aromatic carbocycles. The lowest BCUT2D eigenvalue weighted by molar-refractivity contribution is -0.120. The summed E-state index contributed by atoms with van der Waals surface area (Å²) in [4.78, 5) is 0. The summed E-state index contributed by atoms with van der Waals surface area (Å²) in [6.45, 7) is 3.75. The van der Waals surface area contributed by atoms with E-state index in [1.54, 1.807) is 14.2 Å². The highest BCUT2D eigenvalue weighted by atomic mass is 35.5. The van der Waals surface area contributed by atoms with Crippen LogP contribution in [0.25, 0.3) is 0 Å². The molecule has 108 valence electrons. The number of halogens is 3. The molecule has 0 radical (unpaired) electrons. The largest absolute Gasteiger partial charge is 0.354 e. The molecule has 3 nitrogen and oxygen atoms in total. The summed E-state index contributed by atoms with van der Waals surface area (Å²) in [5.41, 5.74) is 0.529. The lowest BCUT2D eigenvalue weighted by Crippen LogP contribution is -2.41. The van der Waals surface area contributed by atoms with Crippen LogP contribution in [0, 0.1) is 5.82 Å². The third-order valence-corrected chi connectivity index (χ3v) is 3.61. The van der Waals surface area contributed by atoms with E-state index in [-0.39, 0.29) is 17.1 Å². The first-order chi connectivity index (χ1) is 8.92. The Bertz CT molecular complexity index is 427. The first kappa shape index (κ1) is 16.7. The van der Waals surface area contributed by atoms with Crippen molar-refractivity contribution in [2.24, 2.45) is 0 Å². The molecule has 0 saturated heterocycles. The molecule has 0 aliphatic heterocycles. The summed E-state index contributed by atoms with van der Waals surface area (Å²) >= 11 is 12.0. The van der Waals surface area contributed by atoms with E-state index in [1.165, 1.54) is 12.1 Å². The summed E-state index contributed by atoms with van der Waals surface area (Å²) in [6.07, 6.45) is -0.409. The van der Waals surface area contributed by atoms with Crippen LogP contribution in [0.4, 0.5) is 4.39 Å². The summed E-state index contributed by atoms with van der Waals surface area (Å²) in [5.74, 6) is -0.489. The van der Waals surface area contributed by atoms with Crippen LogP contribution in [-0.2, 0) is 9.47 Å². The van der Waals surface area contributed by atoms with Crippen LogP contribution in [0.3, 0.4) is 0 Å². The van der Waals surface area contributed by atoms with Crippen molar-refractivity contribution in [2.75, 3.05) is 14.2 Å². The van der Waals surface area contributed by atoms with Crippen molar-refractivity contribution >= 4 is 23.2 Å². The summed E-state index contributed by atoms with van der Waals surface area (Å²) in [5, 5.41) is 3.68. The normalized spacial score (nSPS) is 14.7. The van der Waals surface area contributed by atoms with Gasteiger partial charge in [-0.05, 0) is 26.0 Å². The van der Waals surface area contributed by atoms with E-state index in [0.717, 1.165) is 0 Å². The van der Waals surface area contributed by atoms with Gasteiger partial charge in [0.15, 0.2) is 6.29 Å². The molecule has 0 amide bonds. The first-order valence-electron chi connectivity index (χ1n) is 5.87. The third kappa shape index (κ3) is 4.04. The van der Waals surface area contributed by atoms with Gasteiger partial charge in [0.25, 0.3) is 0 Å². The van der Waals surface area contributed by atoms with Gasteiger partial charge in [0, 0.05) is 30.8 Å². The average Bonchev–Trinajstić information content (AvgIpc) is 2.36. The molecule has 2 atom stereocenters. The predicted octanol–water partition coefficient (Wildman–Crippen LogP) is 3.79. The van der Waals surface area contributed by atoms with Gasteiger partial charge in [-0.15, -0.1) is 0 Å². The van der Waals surface area contributed by atoms with Crippen molar-refractivity contribution in [3.63, 3.8) is 0 Å². The topological polar surface area (TPSA) is 30.5 Å². The monoisotopic (exact) mass is 309 g/mol. The molecule has 0 aromatic heterocycles. The zero-order valence-corrected chi connectivity index (χ0v) is 12.8. The quantitative estimate of drug-likeness (QED) is 0.640. The smallest absolute Gasteiger partial charge is 0.171 e. The molecule has 1 N–H and O–H groups in total. The van der Waals surface area contributed by atoms with Gasteiger partial charge in [0.1, 0.15) is 5.82 Å². The minimum absolute atomic E-state index is 0.0334. The maximum Gasteiger partial charge on any atom is 0.171 e. The molecule has 6 heteroatoms. The molecule has 0 spiro atoms. The predicted molar refractivity (Wildman–Crippen MR) is 75.2 cm³/mol. The highest BCUT2D eigenvalue weighted by Crippen LogP contribution is 2.32. The Hall–Kier alpha value is -0.390. The molecular formula is C13H18Cl2FNO2. The van der Waals surface area contributed by atoms with Crippen molar-refractivity contribution < 1.29 is 13.9 Å². The fourth-order valence-electron chi connectivity index (χ4n) is 2.00. The van der Waals surface area contributed by atoms with E-state index < -0.39 is 12.1 Å². The van der Waals surface area contributed by atoms with E-state index in [2.05, 4.69) is 5.32 Å². The zero-order valence-electron chi connectivity index (χ0n) is 11.3. The van der Waals surface area contributed by atoms with Crippen LogP contribution in [0.2, 0.25) is 10.0 Å². The number of benzene rings is 1. The Labute approximate surface area is 123 Å². The average molecular weight is 310 g/mol. The Kier molecular flexibility index (Phi) is 6.50. The Morgan fingerprint density at radius 1 is 1.16 bits per heavy atom. The number of ether oxygens (including phenoxy) is 2. The van der Waals surface area contributed by atoms with Gasteiger partial charge in [-0.25, -0.2) is 4.39 Å². The molecular weight excluding hydrogens is 292 g/mol. The van der Waals surface area contributed by atoms with Crippen molar-refractivity contribution in [2.45, 2.75) is 32.2 Å². The Morgan fingerprint density at radius 3 is 2.26 bits per heavy atom. The van der Waals surface area contributed by atoms with Crippen LogP contribution < -0.4 is 5.32 Å². The van der Waals surface area contributed by atoms with Gasteiger partial charge in [-0.1, -0.05) is 23.2 Å². The molecule has 0 aliphatic rings. The molecule has 0 bridgehead atoms. The molecule has 0 saturated carbocycles. The van der Waals surface area contributed by atoms with Crippen molar-refractivity contribution in [1.29, 1.82) is 0 Å². The highest BCUT2D eigenvalue weighted by Gasteiger charge is 2.22. The van der Waals surface area contributed by atoms with E-state index in [0.29, 0.717) is 10.6 Å². The number of hydrogen-bond acceptors (Lipinski definition) is 3. The molecule has 19 heavy (non-hydrogen) atoms. The second-order valence-electron chi connectivity index (χ2n) is 4.27. The summed E-state index contributed by atoms with van der Waals surface area (Å²) in [7, 11) is 3.11. The van der Waals surface area contributed by atoms with Gasteiger partial charge < -0.3 is 14.8 Å². The summed E-state index contributed by atoms with van der Waals surface area (Å²) < 4.78 is 23.8. The van der Waals surface area contributed by atoms with Gasteiger partial charge in [-0.3, -0.25) is 0 Å². The van der Waals surface area contributed by atoms with Gasteiger partial charge >= 0.3 is 0 Å². The van der Waals surface area contributed by atoms with Gasteiger partial charge in [-0.2, -0.15) is 0 Å². The van der Waals surface area contributed by atoms with Crippen LogP contribution in [0.1, 0.15) is 25.5 Å². The molecule has 0 heterocycles. The molecule has 0 fully saturated rings. The van der Waals surface area contributed by atoms with E-state index in [1.807, 2.05) is 13.8 Å². The molecule has 1 aromatic rings. The number of nitrogens with one attached hydrogen (secondary N) is 1. The minimum atomic E-state index is -0.489. The maximum absolute atomic E-state index is 13.5. The van der Waals surface area contributed by atoms with Gasteiger partial charge in [0.2, 0.25) is 0 Å². The molecule has 2 unspecified atom stereocenters. The minimum Gasteiger partial charge on any atom is -0.354 e. The van der Waals surface area contributed by atoms with Crippen molar-refractivity contribution in [3.8, 4) is 0 Å². The highest BCUT2D eigenvalue weighted by molar-refractivity contribution is 6.36. The fourth-order valence-corrected chi connectivity index (χ4v) is 2.70. The maximum atomic E-state index is 13.5. The Morgan fingerprint density at radius 2 is 1.74 bits per heavy atom. The fraction of sp³-hybridized carbons (Fsp3) is 0.538. The Balaban J connectivity index is 2.89. The van der Waals surface area contributed by atoms with Crippen LogP contribution in [-0.4, -0.2) is 26.6 Å². The van der Waals surface area contributed by atoms with E-state index >= 15 is 0 Å². The SMILES string of the molecule is COC(OC)C(C)NC(C)c1c(Cl)ccc(F)c1Cl. The number of hydrogen-bond donors (Lipinski definition) is 1. The van der Waals surface area contributed by atoms with Crippen molar-refractivity contribution in [1.82, 2.24) is 5.32 Å². The van der Waals surface area contributed by atoms with Crippen LogP contribution >= 0.6 is 23.2 Å². The van der Waals surface area contributed by atoms with E-state index in [9.17, 15) is 4.39 Å². The second kappa shape index (κ2) is 7.41. The van der Waals surface area contributed by atoms with Crippen LogP contribution in [0.15, 0.2) is 12.1 Å². The first-order valence-corrected chi connectivity index (χ1v) is 6.63. The molecule has 1 rings (SSSR count). The molecule has 0 aliphatic carbocycles. The summed E-state index contributed by atoms with van der Waals surface area (Å²) in [6, 6.07) is 2.39.